The summed E-state index contributed by atoms with van der Waals surface area (Å²) in [4.78, 5) is 4.35. The summed E-state index contributed by atoms with van der Waals surface area (Å²) in [6, 6.07) is 11.3. The van der Waals surface area contributed by atoms with Gasteiger partial charge in [0.2, 0.25) is 6.79 Å². The molecule has 138 valence electrons. The molecule has 0 amide bonds. The monoisotopic (exact) mass is 385 g/mol. The first-order valence-electron chi connectivity index (χ1n) is 7.85. The molecule has 2 heterocycles. The number of hydrogen-bond donors (Lipinski definition) is 1. The van der Waals surface area contributed by atoms with Gasteiger partial charge in [0.1, 0.15) is 6.07 Å². The molecule has 4 rings (SSSR count). The van der Waals surface area contributed by atoms with Crippen molar-refractivity contribution in [1.82, 2.24) is 4.98 Å². The lowest BCUT2D eigenvalue weighted by molar-refractivity contribution is 0.174. The topological polar surface area (TPSA) is 85.6 Å². The van der Waals surface area contributed by atoms with E-state index in [-0.39, 0.29) is 19.2 Å². The van der Waals surface area contributed by atoms with Gasteiger partial charge in [-0.05, 0) is 18.2 Å². The molecule has 2 aromatic carbocycles. The van der Waals surface area contributed by atoms with E-state index in [2.05, 4.69) is 16.4 Å². The van der Waals surface area contributed by atoms with E-state index in [1.54, 1.807) is 26.4 Å². The van der Waals surface area contributed by atoms with Gasteiger partial charge < -0.3 is 24.3 Å². The Labute approximate surface area is 161 Å². The standard InChI is InChI=1S/C19H15N3O4.ClH/c1-23-16-6-13-14(7-17(16)24-2)21-9-11(8-20)19(13)22-12-3-4-15-18(5-12)26-10-25-15;/h3-7,9H,10H2,1-2H3,(H,21,22);1H. The van der Waals surface area contributed by atoms with Crippen LogP contribution in [0.25, 0.3) is 10.9 Å². The summed E-state index contributed by atoms with van der Waals surface area (Å²) in [5, 5.41) is 13.5. The molecule has 0 spiro atoms. The smallest absolute Gasteiger partial charge is 0.231 e. The highest BCUT2D eigenvalue weighted by Gasteiger charge is 2.16. The van der Waals surface area contributed by atoms with Crippen LogP contribution < -0.4 is 24.3 Å². The van der Waals surface area contributed by atoms with Gasteiger partial charge in [0, 0.05) is 29.4 Å². The fourth-order valence-electron chi connectivity index (χ4n) is 2.86. The Balaban J connectivity index is 0.00000210. The second kappa shape index (κ2) is 7.48. The Bertz CT molecular complexity index is 1050. The number of benzene rings is 2. The average Bonchev–Trinajstić information content (AvgIpc) is 3.15. The number of anilines is 2. The average molecular weight is 386 g/mol. The third kappa shape index (κ3) is 3.23. The summed E-state index contributed by atoms with van der Waals surface area (Å²) < 4.78 is 21.5. The van der Waals surface area contributed by atoms with Crippen LogP contribution in [0.1, 0.15) is 5.56 Å². The Kier molecular flexibility index (Phi) is 5.10. The quantitative estimate of drug-likeness (QED) is 0.725. The van der Waals surface area contributed by atoms with E-state index in [4.69, 9.17) is 18.9 Å². The molecule has 0 fully saturated rings. The number of aromatic nitrogens is 1. The molecule has 0 bridgehead atoms. The highest BCUT2D eigenvalue weighted by Crippen LogP contribution is 2.39. The zero-order chi connectivity index (χ0) is 18.1. The van der Waals surface area contributed by atoms with Gasteiger partial charge >= 0.3 is 0 Å². The van der Waals surface area contributed by atoms with Gasteiger partial charge in [-0.2, -0.15) is 5.26 Å². The first-order valence-corrected chi connectivity index (χ1v) is 7.85. The van der Waals surface area contributed by atoms with Crippen LogP contribution in [0.15, 0.2) is 36.5 Å². The Morgan fingerprint density at radius 3 is 2.56 bits per heavy atom. The van der Waals surface area contributed by atoms with E-state index < -0.39 is 0 Å². The Hall–Kier alpha value is -3.37. The van der Waals surface area contributed by atoms with Crippen LogP contribution in [0.3, 0.4) is 0 Å². The molecule has 0 atom stereocenters. The van der Waals surface area contributed by atoms with Crippen molar-refractivity contribution in [3.05, 3.63) is 42.1 Å². The van der Waals surface area contributed by atoms with E-state index in [1.165, 1.54) is 6.20 Å². The van der Waals surface area contributed by atoms with Crippen molar-refractivity contribution in [2.75, 3.05) is 26.3 Å². The maximum absolute atomic E-state index is 9.51. The first-order chi connectivity index (χ1) is 12.7. The molecular weight excluding hydrogens is 370 g/mol. The van der Waals surface area contributed by atoms with Crippen molar-refractivity contribution in [3.8, 4) is 29.1 Å². The lowest BCUT2D eigenvalue weighted by atomic mass is 10.1. The number of methoxy groups -OCH3 is 2. The van der Waals surface area contributed by atoms with Gasteiger partial charge in [-0.3, -0.25) is 4.98 Å². The van der Waals surface area contributed by atoms with Crippen molar-refractivity contribution in [2.45, 2.75) is 0 Å². The summed E-state index contributed by atoms with van der Waals surface area (Å²) in [5.41, 5.74) is 2.51. The molecule has 8 heteroatoms. The SMILES string of the molecule is COc1cc2ncc(C#N)c(Nc3ccc4c(c3)OCO4)c2cc1OC.Cl. The van der Waals surface area contributed by atoms with Gasteiger partial charge in [-0.15, -0.1) is 12.4 Å². The number of pyridine rings is 1. The van der Waals surface area contributed by atoms with Crippen LogP contribution in [0.4, 0.5) is 11.4 Å². The highest BCUT2D eigenvalue weighted by atomic mass is 35.5. The normalized spacial score (nSPS) is 11.4. The van der Waals surface area contributed by atoms with Crippen molar-refractivity contribution in [2.24, 2.45) is 0 Å². The van der Waals surface area contributed by atoms with E-state index in [0.717, 1.165) is 11.1 Å². The molecule has 7 nitrogen and oxygen atoms in total. The molecule has 1 aromatic heterocycles. The van der Waals surface area contributed by atoms with Gasteiger partial charge in [0.15, 0.2) is 23.0 Å². The summed E-state index contributed by atoms with van der Waals surface area (Å²) in [7, 11) is 3.13. The van der Waals surface area contributed by atoms with Crippen LogP contribution in [0.2, 0.25) is 0 Å². The molecule has 0 saturated heterocycles. The molecule has 0 aliphatic carbocycles. The van der Waals surface area contributed by atoms with Crippen LogP contribution in [0.5, 0.6) is 23.0 Å². The number of nitrogens with zero attached hydrogens (tertiary/aromatic N) is 2. The van der Waals surface area contributed by atoms with E-state index in [9.17, 15) is 5.26 Å². The van der Waals surface area contributed by atoms with Crippen molar-refractivity contribution < 1.29 is 18.9 Å². The highest BCUT2D eigenvalue weighted by molar-refractivity contribution is 5.97. The molecule has 0 radical (unpaired) electrons. The Morgan fingerprint density at radius 1 is 1.07 bits per heavy atom. The lowest BCUT2D eigenvalue weighted by Crippen LogP contribution is -1.98. The minimum Gasteiger partial charge on any atom is -0.493 e. The van der Waals surface area contributed by atoms with Crippen LogP contribution in [-0.4, -0.2) is 26.0 Å². The molecule has 3 aromatic rings. The number of nitrogens with one attached hydrogen (secondary N) is 1. The second-order valence-corrected chi connectivity index (χ2v) is 5.58. The van der Waals surface area contributed by atoms with Crippen LogP contribution in [0, 0.1) is 11.3 Å². The lowest BCUT2D eigenvalue weighted by Gasteiger charge is -2.14. The summed E-state index contributed by atoms with van der Waals surface area (Å²) >= 11 is 0. The minimum atomic E-state index is 0. The maximum Gasteiger partial charge on any atom is 0.231 e. The number of ether oxygens (including phenoxy) is 4. The fraction of sp³-hybridized carbons (Fsp3) is 0.158. The van der Waals surface area contributed by atoms with Gasteiger partial charge in [-0.1, -0.05) is 0 Å². The third-order valence-electron chi connectivity index (χ3n) is 4.14. The minimum absolute atomic E-state index is 0. The molecule has 27 heavy (non-hydrogen) atoms. The zero-order valence-electron chi connectivity index (χ0n) is 14.6. The number of rotatable bonds is 4. The number of nitriles is 1. The molecule has 0 saturated carbocycles. The molecule has 0 unspecified atom stereocenters. The van der Waals surface area contributed by atoms with E-state index >= 15 is 0 Å². The molecule has 1 aliphatic heterocycles. The molecular formula is C19H16ClN3O4. The second-order valence-electron chi connectivity index (χ2n) is 5.58. The third-order valence-corrected chi connectivity index (χ3v) is 4.14. The number of hydrogen-bond acceptors (Lipinski definition) is 7. The first kappa shape index (κ1) is 18.4. The summed E-state index contributed by atoms with van der Waals surface area (Å²) in [6.45, 7) is 0.206. The summed E-state index contributed by atoms with van der Waals surface area (Å²) in [5.74, 6) is 2.49. The van der Waals surface area contributed by atoms with Crippen molar-refractivity contribution in [3.63, 3.8) is 0 Å². The van der Waals surface area contributed by atoms with Gasteiger partial charge in [-0.25, -0.2) is 0 Å². The maximum atomic E-state index is 9.51. The van der Waals surface area contributed by atoms with Crippen LogP contribution in [-0.2, 0) is 0 Å². The fourth-order valence-corrected chi connectivity index (χ4v) is 2.86. The van der Waals surface area contributed by atoms with Crippen molar-refractivity contribution in [1.29, 1.82) is 5.26 Å². The predicted molar refractivity (Wildman–Crippen MR) is 103 cm³/mol. The van der Waals surface area contributed by atoms with E-state index in [1.807, 2.05) is 18.2 Å². The zero-order valence-corrected chi connectivity index (χ0v) is 15.4. The molecule has 1 N–H and O–H groups in total. The number of fused-ring (bicyclic) bond motifs is 2. The largest absolute Gasteiger partial charge is 0.493 e. The van der Waals surface area contributed by atoms with Gasteiger partial charge in [0.05, 0.1) is 31.0 Å². The molecule has 1 aliphatic rings. The summed E-state index contributed by atoms with van der Waals surface area (Å²) in [6.07, 6.45) is 1.53. The predicted octanol–water partition coefficient (Wildman–Crippen LogP) is 4.02. The van der Waals surface area contributed by atoms with Gasteiger partial charge in [0.25, 0.3) is 0 Å². The van der Waals surface area contributed by atoms with E-state index in [0.29, 0.717) is 39.8 Å². The Morgan fingerprint density at radius 2 is 1.81 bits per heavy atom. The number of halogens is 1. The van der Waals surface area contributed by atoms with Crippen LogP contribution >= 0.6 is 12.4 Å². The van der Waals surface area contributed by atoms with Crippen molar-refractivity contribution >= 4 is 34.7 Å².